The first-order chi connectivity index (χ1) is 17.4. The van der Waals surface area contributed by atoms with E-state index in [-0.39, 0.29) is 0 Å². The van der Waals surface area contributed by atoms with Gasteiger partial charge < -0.3 is 0 Å². The summed E-state index contributed by atoms with van der Waals surface area (Å²) >= 11 is 14.4. The second-order valence-electron chi connectivity index (χ2n) is 8.41. The summed E-state index contributed by atoms with van der Waals surface area (Å²) in [6.45, 7) is 6.06. The van der Waals surface area contributed by atoms with Gasteiger partial charge >= 0.3 is 0 Å². The fraction of sp³-hybridized carbons (Fsp3) is 0.107. The summed E-state index contributed by atoms with van der Waals surface area (Å²) in [6, 6.07) is 23.7. The van der Waals surface area contributed by atoms with Crippen molar-refractivity contribution in [2.75, 3.05) is 0 Å². The van der Waals surface area contributed by atoms with Crippen molar-refractivity contribution in [3.8, 4) is 16.9 Å². The quantitative estimate of drug-likeness (QED) is 0.214. The summed E-state index contributed by atoms with van der Waals surface area (Å²) in [5.74, 6) is 0. The highest BCUT2D eigenvalue weighted by atomic mass is 35.5. The van der Waals surface area contributed by atoms with Crippen molar-refractivity contribution in [1.82, 2.24) is 14.5 Å². The zero-order chi connectivity index (χ0) is 25.2. The summed E-state index contributed by atoms with van der Waals surface area (Å²) in [6.07, 6.45) is 1.75. The molecule has 0 fully saturated rings. The van der Waals surface area contributed by atoms with Crippen LogP contribution in [0.2, 0.25) is 10.2 Å². The van der Waals surface area contributed by atoms with Gasteiger partial charge in [-0.3, -0.25) is 0 Å². The van der Waals surface area contributed by atoms with Gasteiger partial charge in [0.25, 0.3) is 0 Å². The summed E-state index contributed by atoms with van der Waals surface area (Å²) < 4.78 is 3.56. The topological polar surface area (TPSA) is 47.5 Å². The van der Waals surface area contributed by atoms with Crippen molar-refractivity contribution in [3.05, 3.63) is 116 Å². The minimum absolute atomic E-state index is 0.499. The Kier molecular flexibility index (Phi) is 6.92. The number of nitrogens with zero attached hydrogens (tertiary/aromatic N) is 5. The number of thiazole rings is 1. The van der Waals surface area contributed by atoms with E-state index in [1.807, 2.05) is 77.6 Å². The van der Waals surface area contributed by atoms with Gasteiger partial charge in [-0.25, -0.2) is 14.4 Å². The van der Waals surface area contributed by atoms with Crippen LogP contribution in [-0.4, -0.2) is 20.7 Å². The number of rotatable bonds is 5. The van der Waals surface area contributed by atoms with Gasteiger partial charge in [-0.1, -0.05) is 71.2 Å². The fourth-order valence-electron chi connectivity index (χ4n) is 3.86. The molecule has 0 saturated carbocycles. The highest BCUT2D eigenvalue weighted by molar-refractivity contribution is 7.07. The molecular weight excluding hydrogens is 509 g/mol. The van der Waals surface area contributed by atoms with E-state index < -0.39 is 0 Å². The second kappa shape index (κ2) is 10.3. The van der Waals surface area contributed by atoms with E-state index in [9.17, 15) is 0 Å². The van der Waals surface area contributed by atoms with Gasteiger partial charge in [0.15, 0.2) is 0 Å². The number of halogens is 2. The van der Waals surface area contributed by atoms with E-state index in [4.69, 9.17) is 33.3 Å². The molecule has 0 atom stereocenters. The Hall–Kier alpha value is -3.45. The molecule has 0 aliphatic carbocycles. The Morgan fingerprint density at radius 1 is 0.917 bits per heavy atom. The summed E-state index contributed by atoms with van der Waals surface area (Å²) in [7, 11) is 0. The Morgan fingerprint density at radius 2 is 1.67 bits per heavy atom. The lowest BCUT2D eigenvalue weighted by Crippen LogP contribution is -2.11. The van der Waals surface area contributed by atoms with Crippen LogP contribution in [0.1, 0.15) is 22.4 Å². The number of aromatic nitrogens is 3. The minimum atomic E-state index is 0.499. The SMILES string of the molecule is Cc1ccc(N=c2scc(-c3ccc(Cl)cc3)n2N=Cc2c(C)nn(-c3ccccc3)c2Cl)c(C)c1. The van der Waals surface area contributed by atoms with E-state index in [0.717, 1.165) is 44.3 Å². The van der Waals surface area contributed by atoms with Gasteiger partial charge in [0, 0.05) is 16.0 Å². The van der Waals surface area contributed by atoms with Gasteiger partial charge in [-0.2, -0.15) is 10.2 Å². The van der Waals surface area contributed by atoms with Crippen LogP contribution in [0.4, 0.5) is 5.69 Å². The maximum atomic E-state index is 6.75. The van der Waals surface area contributed by atoms with Crippen LogP contribution >= 0.6 is 34.5 Å². The third-order valence-corrected chi connectivity index (χ3v) is 7.18. The van der Waals surface area contributed by atoms with E-state index in [0.29, 0.717) is 10.2 Å². The van der Waals surface area contributed by atoms with E-state index in [2.05, 4.69) is 31.1 Å². The van der Waals surface area contributed by atoms with Crippen LogP contribution in [0.25, 0.3) is 16.9 Å². The molecular formula is C28H23Cl2N5S. The minimum Gasteiger partial charge on any atom is -0.221 e. The Labute approximate surface area is 223 Å². The van der Waals surface area contributed by atoms with Gasteiger partial charge in [0.2, 0.25) is 4.80 Å². The number of aryl methyl sites for hydroxylation is 3. The Morgan fingerprint density at radius 3 is 2.39 bits per heavy atom. The molecule has 0 amide bonds. The third kappa shape index (κ3) is 4.93. The van der Waals surface area contributed by atoms with E-state index >= 15 is 0 Å². The van der Waals surface area contributed by atoms with Crippen molar-refractivity contribution < 1.29 is 0 Å². The molecule has 36 heavy (non-hydrogen) atoms. The first-order valence-corrected chi connectivity index (χ1v) is 13.0. The average Bonchev–Trinajstić information content (AvgIpc) is 3.40. The molecule has 0 saturated heterocycles. The zero-order valence-corrected chi connectivity index (χ0v) is 22.3. The van der Waals surface area contributed by atoms with Gasteiger partial charge in [0.05, 0.1) is 34.5 Å². The van der Waals surface area contributed by atoms with Crippen LogP contribution in [0.5, 0.6) is 0 Å². The monoisotopic (exact) mass is 531 g/mol. The van der Waals surface area contributed by atoms with Crippen molar-refractivity contribution in [3.63, 3.8) is 0 Å². The van der Waals surface area contributed by atoms with Crippen LogP contribution in [0.3, 0.4) is 0 Å². The molecule has 0 radical (unpaired) electrons. The van der Waals surface area contributed by atoms with Crippen LogP contribution in [0.15, 0.2) is 88.3 Å². The first-order valence-electron chi connectivity index (χ1n) is 11.3. The fourth-order valence-corrected chi connectivity index (χ4v) is 5.15. The van der Waals surface area contributed by atoms with E-state index in [1.54, 1.807) is 10.9 Å². The summed E-state index contributed by atoms with van der Waals surface area (Å²) in [5.41, 5.74) is 7.52. The van der Waals surface area contributed by atoms with Gasteiger partial charge in [0.1, 0.15) is 5.15 Å². The van der Waals surface area contributed by atoms with Crippen LogP contribution in [-0.2, 0) is 0 Å². The molecule has 5 nitrogen and oxygen atoms in total. The number of para-hydroxylation sites is 1. The Balaban J connectivity index is 1.64. The molecule has 5 rings (SSSR count). The molecule has 8 heteroatoms. The summed E-state index contributed by atoms with van der Waals surface area (Å²) in [4.78, 5) is 5.69. The molecule has 3 aromatic carbocycles. The molecule has 2 heterocycles. The lowest BCUT2D eigenvalue weighted by atomic mass is 10.1. The highest BCUT2D eigenvalue weighted by Gasteiger charge is 2.14. The molecule has 0 spiro atoms. The van der Waals surface area contributed by atoms with Crippen molar-refractivity contribution >= 4 is 46.4 Å². The van der Waals surface area contributed by atoms with E-state index in [1.165, 1.54) is 16.9 Å². The average molecular weight is 533 g/mol. The Bertz CT molecular complexity index is 1630. The third-order valence-electron chi connectivity index (χ3n) is 5.74. The normalized spacial score (nSPS) is 12.1. The molecule has 180 valence electrons. The zero-order valence-electron chi connectivity index (χ0n) is 20.0. The standard InChI is InChI=1S/C28H23Cl2N5S/c1-18-9-14-25(19(2)15-18)32-28-35(26(17-36-28)21-10-12-22(29)13-11-21)31-16-24-20(3)33-34(27(24)30)23-7-5-4-6-8-23/h4-17H,1-3H3. The number of benzene rings is 3. The second-order valence-corrected chi connectivity index (χ2v) is 10.0. The molecule has 2 aromatic heterocycles. The van der Waals surface area contributed by atoms with Crippen LogP contribution in [0, 0.1) is 20.8 Å². The van der Waals surface area contributed by atoms with Crippen LogP contribution < -0.4 is 4.80 Å². The van der Waals surface area contributed by atoms with Crippen molar-refractivity contribution in [2.45, 2.75) is 20.8 Å². The highest BCUT2D eigenvalue weighted by Crippen LogP contribution is 2.25. The van der Waals surface area contributed by atoms with Crippen molar-refractivity contribution in [1.29, 1.82) is 0 Å². The molecule has 0 bridgehead atoms. The smallest absolute Gasteiger partial charge is 0.211 e. The van der Waals surface area contributed by atoms with Crippen molar-refractivity contribution in [2.24, 2.45) is 10.1 Å². The maximum Gasteiger partial charge on any atom is 0.211 e. The molecule has 0 aliphatic heterocycles. The predicted molar refractivity (Wildman–Crippen MR) is 150 cm³/mol. The largest absolute Gasteiger partial charge is 0.221 e. The van der Waals surface area contributed by atoms with Gasteiger partial charge in [-0.05, 0) is 56.7 Å². The first kappa shape index (κ1) is 24.3. The number of hydrogen-bond acceptors (Lipinski definition) is 4. The maximum absolute atomic E-state index is 6.75. The molecule has 5 aromatic rings. The molecule has 0 unspecified atom stereocenters. The number of hydrogen-bond donors (Lipinski definition) is 0. The summed E-state index contributed by atoms with van der Waals surface area (Å²) in [5, 5.41) is 12.7. The molecule has 0 N–H and O–H groups in total. The lowest BCUT2D eigenvalue weighted by molar-refractivity contribution is 0.854. The lowest BCUT2D eigenvalue weighted by Gasteiger charge is -2.05. The predicted octanol–water partition coefficient (Wildman–Crippen LogP) is 7.75. The van der Waals surface area contributed by atoms with Gasteiger partial charge in [-0.15, -0.1) is 11.3 Å². The molecule has 0 aliphatic rings.